The van der Waals surface area contributed by atoms with Gasteiger partial charge in [0.25, 0.3) is 0 Å². The second-order valence-electron chi connectivity index (χ2n) is 8.99. The topological polar surface area (TPSA) is 145 Å². The molecular formula is C25H41N7O4S. The lowest BCUT2D eigenvalue weighted by atomic mass is 10.2. The summed E-state index contributed by atoms with van der Waals surface area (Å²) in [5.74, 6) is 1.13. The zero-order chi connectivity index (χ0) is 27.6. The van der Waals surface area contributed by atoms with Crippen LogP contribution in [0.3, 0.4) is 0 Å². The van der Waals surface area contributed by atoms with Crippen molar-refractivity contribution >= 4 is 16.0 Å². The van der Waals surface area contributed by atoms with Crippen LogP contribution < -0.4 is 4.72 Å². The van der Waals surface area contributed by atoms with E-state index in [2.05, 4.69) is 29.9 Å². The van der Waals surface area contributed by atoms with Crippen LogP contribution in [0.25, 0.3) is 11.5 Å². The maximum absolute atomic E-state index is 13.1. The number of nitrogens with zero attached hydrogens (tertiary/aromatic N) is 6. The van der Waals surface area contributed by atoms with Gasteiger partial charge in [-0.3, -0.25) is 14.3 Å². The smallest absolute Gasteiger partial charge is 0.239 e. The van der Waals surface area contributed by atoms with E-state index >= 15 is 0 Å². The predicted octanol–water partition coefficient (Wildman–Crippen LogP) is 3.61. The standard InChI is InChI=1S/C20H25N7O3S.C3H8O.C2H6.H2/c1-14-11-22-17(23-12-14)10-15(2)31(28,29)26-19-25-24-18(16-6-4-5-9-21-16)27(19)20(7-8-20)13-30-3;1-3(2)4;1-2;/h4-6,9,11-12,15H,7-8,10,13H2,1-3H3,(H,25,26);3-4H,1-2H3;1-2H3;1H/t15-;;;/m0.../s1. The van der Waals surface area contributed by atoms with Crippen LogP contribution in [-0.2, 0) is 26.7 Å². The maximum atomic E-state index is 13.1. The Labute approximate surface area is 221 Å². The number of hydrogen-bond donors (Lipinski definition) is 2. The molecule has 3 aromatic rings. The molecule has 0 aliphatic heterocycles. The molecule has 4 rings (SSSR count). The van der Waals surface area contributed by atoms with Crippen molar-refractivity contribution in [3.63, 3.8) is 0 Å². The third-order valence-electron chi connectivity index (χ3n) is 5.34. The van der Waals surface area contributed by atoms with Gasteiger partial charge in [-0.2, -0.15) is 0 Å². The predicted molar refractivity (Wildman–Crippen MR) is 146 cm³/mol. The minimum atomic E-state index is -3.78. The van der Waals surface area contributed by atoms with E-state index in [1.165, 1.54) is 0 Å². The highest BCUT2D eigenvalue weighted by atomic mass is 32.2. The quantitative estimate of drug-likeness (QED) is 0.420. The minimum absolute atomic E-state index is 0. The fraction of sp³-hybridized carbons (Fsp3) is 0.560. The molecule has 11 nitrogen and oxygen atoms in total. The maximum Gasteiger partial charge on any atom is 0.239 e. The molecule has 2 N–H and O–H groups in total. The Balaban J connectivity index is 0.000000945. The molecule has 0 radical (unpaired) electrons. The Morgan fingerprint density at radius 2 is 1.76 bits per heavy atom. The van der Waals surface area contributed by atoms with Crippen LogP contribution in [-0.4, -0.2) is 68.3 Å². The van der Waals surface area contributed by atoms with E-state index in [0.717, 1.165) is 18.4 Å². The average molecular weight is 536 g/mol. The molecule has 1 saturated carbocycles. The molecule has 0 bridgehead atoms. The lowest BCUT2D eigenvalue weighted by molar-refractivity contribution is 0.145. The summed E-state index contributed by atoms with van der Waals surface area (Å²) >= 11 is 0. The lowest BCUT2D eigenvalue weighted by Crippen LogP contribution is -2.32. The molecule has 3 aromatic heterocycles. The number of aliphatic hydroxyl groups is 1. The van der Waals surface area contributed by atoms with Crippen molar-refractivity contribution < 1.29 is 19.7 Å². The first-order valence-corrected chi connectivity index (χ1v) is 14.0. The van der Waals surface area contributed by atoms with Gasteiger partial charge in [-0.15, -0.1) is 10.2 Å². The van der Waals surface area contributed by atoms with Crippen LogP contribution in [0, 0.1) is 6.92 Å². The monoisotopic (exact) mass is 535 g/mol. The number of methoxy groups -OCH3 is 1. The molecule has 0 unspecified atom stereocenters. The first-order valence-electron chi connectivity index (χ1n) is 12.4. The molecule has 3 heterocycles. The Bertz CT molecular complexity index is 1200. The third kappa shape index (κ3) is 8.27. The Hall–Kier alpha value is -2.96. The van der Waals surface area contributed by atoms with Gasteiger partial charge in [0.05, 0.1) is 17.4 Å². The SMILES string of the molecule is CC.CC(C)O.COCC1(n2c(NS(=O)(=O)[C@@H](C)Cc3ncc(C)cn3)nnc2-c2ccccn2)CC1.[HH]. The van der Waals surface area contributed by atoms with E-state index in [-0.39, 0.29) is 19.9 Å². The summed E-state index contributed by atoms with van der Waals surface area (Å²) in [6.07, 6.45) is 6.69. The number of rotatable bonds is 9. The summed E-state index contributed by atoms with van der Waals surface area (Å²) < 4.78 is 36.0. The second-order valence-corrected chi connectivity index (χ2v) is 11.1. The van der Waals surface area contributed by atoms with Crippen LogP contribution in [0.4, 0.5) is 5.95 Å². The molecule has 0 saturated heterocycles. The molecule has 1 aliphatic carbocycles. The number of pyridine rings is 1. The molecule has 0 aromatic carbocycles. The molecule has 37 heavy (non-hydrogen) atoms. The lowest BCUT2D eigenvalue weighted by Gasteiger charge is -2.21. The first kappa shape index (κ1) is 30.3. The summed E-state index contributed by atoms with van der Waals surface area (Å²) in [6, 6.07) is 5.48. The van der Waals surface area contributed by atoms with Crippen molar-refractivity contribution in [3.05, 3.63) is 48.2 Å². The van der Waals surface area contributed by atoms with Gasteiger partial charge in [0.2, 0.25) is 16.0 Å². The van der Waals surface area contributed by atoms with Crippen LogP contribution in [0.15, 0.2) is 36.8 Å². The van der Waals surface area contributed by atoms with E-state index in [9.17, 15) is 8.42 Å². The van der Waals surface area contributed by atoms with Gasteiger partial charge < -0.3 is 9.84 Å². The molecule has 206 valence electrons. The summed E-state index contributed by atoms with van der Waals surface area (Å²) in [6.45, 7) is 11.4. The van der Waals surface area contributed by atoms with E-state index in [1.54, 1.807) is 46.5 Å². The number of hydrogen-bond acceptors (Lipinski definition) is 9. The number of aryl methyl sites for hydroxylation is 1. The summed E-state index contributed by atoms with van der Waals surface area (Å²) in [7, 11) is -2.15. The molecule has 0 amide bonds. The molecular weight excluding hydrogens is 494 g/mol. The van der Waals surface area contributed by atoms with Crippen molar-refractivity contribution in [3.8, 4) is 11.5 Å². The normalized spacial score (nSPS) is 14.6. The van der Waals surface area contributed by atoms with Crippen LogP contribution in [0.5, 0.6) is 0 Å². The summed E-state index contributed by atoms with van der Waals surface area (Å²) in [5.41, 5.74) is 1.14. The van der Waals surface area contributed by atoms with Gasteiger partial charge >= 0.3 is 0 Å². The number of aromatic nitrogens is 6. The number of anilines is 1. The van der Waals surface area contributed by atoms with Crippen molar-refractivity contribution in [2.45, 2.75) is 77.7 Å². The van der Waals surface area contributed by atoms with Gasteiger partial charge in [-0.1, -0.05) is 19.9 Å². The van der Waals surface area contributed by atoms with Gasteiger partial charge in [0.15, 0.2) is 5.82 Å². The van der Waals surface area contributed by atoms with Crippen molar-refractivity contribution in [2.24, 2.45) is 0 Å². The van der Waals surface area contributed by atoms with Crippen LogP contribution in [0.2, 0.25) is 0 Å². The van der Waals surface area contributed by atoms with Gasteiger partial charge in [-0.05, 0) is 58.2 Å². The highest BCUT2D eigenvalue weighted by Crippen LogP contribution is 2.47. The largest absolute Gasteiger partial charge is 0.394 e. The fourth-order valence-corrected chi connectivity index (χ4v) is 4.38. The Morgan fingerprint density at radius 3 is 2.27 bits per heavy atom. The van der Waals surface area contributed by atoms with Gasteiger partial charge in [0, 0.05) is 39.7 Å². The highest BCUT2D eigenvalue weighted by Gasteiger charge is 2.48. The number of ether oxygens (including phenoxy) is 1. The summed E-state index contributed by atoms with van der Waals surface area (Å²) in [4.78, 5) is 12.8. The van der Waals surface area contributed by atoms with Crippen LogP contribution >= 0.6 is 0 Å². The van der Waals surface area contributed by atoms with Crippen molar-refractivity contribution in [1.29, 1.82) is 0 Å². The summed E-state index contributed by atoms with van der Waals surface area (Å²) in [5, 5.41) is 15.7. The third-order valence-corrected chi connectivity index (χ3v) is 7.03. The number of sulfonamides is 1. The van der Waals surface area contributed by atoms with E-state index in [0.29, 0.717) is 23.9 Å². The number of nitrogens with one attached hydrogen (secondary N) is 1. The zero-order valence-corrected chi connectivity index (χ0v) is 23.5. The Morgan fingerprint density at radius 1 is 1.14 bits per heavy atom. The first-order chi connectivity index (χ1) is 17.6. The fourth-order valence-electron chi connectivity index (χ4n) is 3.43. The molecule has 1 aliphatic rings. The minimum Gasteiger partial charge on any atom is -0.394 e. The van der Waals surface area contributed by atoms with Crippen molar-refractivity contribution in [1.82, 2.24) is 29.7 Å². The van der Waals surface area contributed by atoms with Gasteiger partial charge in [0.1, 0.15) is 11.5 Å². The number of aliphatic hydroxyl groups excluding tert-OH is 1. The molecule has 0 spiro atoms. The van der Waals surface area contributed by atoms with E-state index in [4.69, 9.17) is 9.84 Å². The molecule has 12 heteroatoms. The molecule has 1 atom stereocenters. The highest BCUT2D eigenvalue weighted by molar-refractivity contribution is 7.93. The zero-order valence-electron chi connectivity index (χ0n) is 22.7. The average Bonchev–Trinajstić information content (AvgIpc) is 3.52. The van der Waals surface area contributed by atoms with Gasteiger partial charge in [-0.25, -0.2) is 18.4 Å². The Kier molecular flexibility index (Phi) is 11.1. The van der Waals surface area contributed by atoms with Crippen LogP contribution in [0.1, 0.15) is 60.3 Å². The second kappa shape index (κ2) is 13.5. The van der Waals surface area contributed by atoms with Crippen molar-refractivity contribution in [2.75, 3.05) is 18.4 Å². The van der Waals surface area contributed by atoms with E-state index < -0.39 is 20.8 Å². The molecule has 1 fully saturated rings. The van der Waals surface area contributed by atoms with E-state index in [1.807, 2.05) is 43.5 Å².